The fourth-order valence-corrected chi connectivity index (χ4v) is 12.9. The van der Waals surface area contributed by atoms with Crippen molar-refractivity contribution in [3.63, 3.8) is 0 Å². The van der Waals surface area contributed by atoms with Crippen molar-refractivity contribution in [1.82, 2.24) is 5.32 Å². The molecular formula is C81H157NO5. The molecule has 0 aliphatic heterocycles. The Morgan fingerprint density at radius 1 is 0.310 bits per heavy atom. The first-order valence-corrected chi connectivity index (χ1v) is 40.1. The van der Waals surface area contributed by atoms with E-state index in [1.54, 1.807) is 6.08 Å². The van der Waals surface area contributed by atoms with Crippen molar-refractivity contribution in [3.05, 3.63) is 24.3 Å². The summed E-state index contributed by atoms with van der Waals surface area (Å²) in [4.78, 5) is 24.7. The molecule has 1 amide bonds. The number of rotatable bonds is 76. The Morgan fingerprint density at radius 2 is 0.540 bits per heavy atom. The summed E-state index contributed by atoms with van der Waals surface area (Å²) in [5, 5.41) is 23.3. The van der Waals surface area contributed by atoms with Gasteiger partial charge in [0.25, 0.3) is 0 Å². The molecule has 0 aromatic rings. The number of aliphatic hydroxyl groups is 2. The highest BCUT2D eigenvalue weighted by Crippen LogP contribution is 2.20. The van der Waals surface area contributed by atoms with Crippen LogP contribution >= 0.6 is 0 Å². The maximum atomic E-state index is 12.6. The van der Waals surface area contributed by atoms with Crippen molar-refractivity contribution in [1.29, 1.82) is 0 Å². The van der Waals surface area contributed by atoms with Crippen molar-refractivity contribution in [2.75, 3.05) is 13.2 Å². The lowest BCUT2D eigenvalue weighted by Gasteiger charge is -2.20. The van der Waals surface area contributed by atoms with E-state index in [0.717, 1.165) is 38.5 Å². The summed E-state index contributed by atoms with van der Waals surface area (Å²) >= 11 is 0. The molecule has 0 radical (unpaired) electrons. The Morgan fingerprint density at radius 3 is 0.816 bits per heavy atom. The quantitative estimate of drug-likeness (QED) is 0.0320. The summed E-state index contributed by atoms with van der Waals surface area (Å²) in [6.07, 6.45) is 98.7. The van der Waals surface area contributed by atoms with Gasteiger partial charge in [-0.3, -0.25) is 9.59 Å². The van der Waals surface area contributed by atoms with Gasteiger partial charge in [-0.2, -0.15) is 0 Å². The van der Waals surface area contributed by atoms with Gasteiger partial charge in [-0.05, 0) is 57.8 Å². The molecule has 2 unspecified atom stereocenters. The minimum atomic E-state index is -0.845. The maximum absolute atomic E-state index is 12.6. The SMILES string of the molecule is CCCCCCCCCCCCCCCCCCCCCCC/C=C/C(O)C(CO)NC(=O)CCCCCCCCCCCCCCC/C=C\CCCCCCCCCCCCCCOC(=O)CCCCCCCCCCCCCCCCCCCC. The molecule has 0 aliphatic rings. The summed E-state index contributed by atoms with van der Waals surface area (Å²) in [5.74, 6) is -0.0402. The number of amides is 1. The molecule has 0 fully saturated rings. The number of carbonyl (C=O) groups is 2. The number of carbonyl (C=O) groups excluding carboxylic acids is 2. The van der Waals surface area contributed by atoms with Gasteiger partial charge in [-0.15, -0.1) is 0 Å². The van der Waals surface area contributed by atoms with E-state index in [9.17, 15) is 19.8 Å². The zero-order valence-corrected chi connectivity index (χ0v) is 59.3. The van der Waals surface area contributed by atoms with Crippen LogP contribution < -0.4 is 5.32 Å². The molecule has 3 N–H and O–H groups in total. The van der Waals surface area contributed by atoms with Crippen molar-refractivity contribution in [3.8, 4) is 0 Å². The lowest BCUT2D eigenvalue weighted by atomic mass is 10.0. The van der Waals surface area contributed by atoms with Crippen molar-refractivity contribution >= 4 is 11.9 Å². The standard InChI is InChI=1S/C81H157NO5/c1-3-5-7-9-11-13-15-17-19-21-23-24-32-35-38-41-45-49-53-57-61-65-69-73-79(84)78(77-83)82-80(85)74-70-66-62-58-54-50-46-42-39-36-33-30-28-26-25-27-29-31-34-37-40-44-48-52-56-60-64-68-72-76-87-81(86)75-71-67-63-59-55-51-47-43-22-20-18-16-14-12-10-8-6-4-2/h25,27,69,73,78-79,83-84H,3-24,26,28-68,70-72,74-77H2,1-2H3,(H,82,85)/b27-25-,73-69+. The average molecular weight is 1230 g/mol. The monoisotopic (exact) mass is 1220 g/mol. The minimum Gasteiger partial charge on any atom is -0.466 e. The second-order valence-corrected chi connectivity index (χ2v) is 27.8. The molecule has 0 saturated carbocycles. The van der Waals surface area contributed by atoms with E-state index in [2.05, 4.69) is 31.3 Å². The van der Waals surface area contributed by atoms with E-state index in [1.807, 2.05) is 6.08 Å². The van der Waals surface area contributed by atoms with Crippen LogP contribution in [0.4, 0.5) is 0 Å². The predicted octanol–water partition coefficient (Wildman–Crippen LogP) is 26.4. The lowest BCUT2D eigenvalue weighted by Crippen LogP contribution is -2.45. The van der Waals surface area contributed by atoms with Crippen LogP contribution in [0.25, 0.3) is 0 Å². The molecule has 0 spiro atoms. The first-order chi connectivity index (χ1) is 43.0. The molecule has 6 heteroatoms. The van der Waals surface area contributed by atoms with Crippen LogP contribution in [0.3, 0.4) is 0 Å². The summed E-state index contributed by atoms with van der Waals surface area (Å²) in [5.41, 5.74) is 0. The Kier molecular flexibility index (Phi) is 75.3. The van der Waals surface area contributed by atoms with Gasteiger partial charge in [0, 0.05) is 12.8 Å². The number of esters is 1. The molecule has 0 saturated heterocycles. The second-order valence-electron chi connectivity index (χ2n) is 27.8. The number of hydrogen-bond acceptors (Lipinski definition) is 5. The van der Waals surface area contributed by atoms with Crippen LogP contribution in [0.2, 0.25) is 0 Å². The number of ether oxygens (including phenoxy) is 1. The van der Waals surface area contributed by atoms with Crippen molar-refractivity contribution < 1.29 is 24.5 Å². The van der Waals surface area contributed by atoms with Gasteiger partial charge in [0.05, 0.1) is 25.4 Å². The highest BCUT2D eigenvalue weighted by Gasteiger charge is 2.18. The molecule has 0 bridgehead atoms. The van der Waals surface area contributed by atoms with Gasteiger partial charge in [0.2, 0.25) is 5.91 Å². The third-order valence-electron chi connectivity index (χ3n) is 19.0. The van der Waals surface area contributed by atoms with Crippen LogP contribution in [-0.2, 0) is 14.3 Å². The van der Waals surface area contributed by atoms with Crippen LogP contribution in [0.1, 0.15) is 457 Å². The van der Waals surface area contributed by atoms with Gasteiger partial charge < -0.3 is 20.3 Å². The number of allylic oxidation sites excluding steroid dienone is 3. The molecule has 6 nitrogen and oxygen atoms in total. The summed E-state index contributed by atoms with van der Waals surface area (Å²) in [7, 11) is 0. The van der Waals surface area contributed by atoms with Crippen LogP contribution in [0, 0.1) is 0 Å². The molecule has 2 atom stereocenters. The van der Waals surface area contributed by atoms with Crippen molar-refractivity contribution in [2.45, 2.75) is 469 Å². The molecule has 87 heavy (non-hydrogen) atoms. The smallest absolute Gasteiger partial charge is 0.305 e. The van der Waals surface area contributed by atoms with Gasteiger partial charge in [0.15, 0.2) is 0 Å². The van der Waals surface area contributed by atoms with E-state index < -0.39 is 12.1 Å². The highest BCUT2D eigenvalue weighted by molar-refractivity contribution is 5.76. The number of aliphatic hydroxyl groups excluding tert-OH is 2. The third kappa shape index (κ3) is 73.3. The number of nitrogens with one attached hydrogen (secondary N) is 1. The first kappa shape index (κ1) is 85.3. The van der Waals surface area contributed by atoms with E-state index in [-0.39, 0.29) is 18.5 Å². The van der Waals surface area contributed by atoms with E-state index in [4.69, 9.17) is 4.74 Å². The fourth-order valence-electron chi connectivity index (χ4n) is 12.9. The topological polar surface area (TPSA) is 95.9 Å². The van der Waals surface area contributed by atoms with Gasteiger partial charge in [-0.25, -0.2) is 0 Å². The van der Waals surface area contributed by atoms with Crippen LogP contribution in [0.5, 0.6) is 0 Å². The number of unbranched alkanes of at least 4 members (excludes halogenated alkanes) is 63. The zero-order valence-electron chi connectivity index (χ0n) is 59.3. The zero-order chi connectivity index (χ0) is 62.8. The van der Waals surface area contributed by atoms with Gasteiger partial charge in [0.1, 0.15) is 0 Å². The molecule has 0 heterocycles. The Balaban J connectivity index is 3.38. The van der Waals surface area contributed by atoms with E-state index in [1.165, 1.54) is 392 Å². The minimum absolute atomic E-state index is 0.0217. The Labute approximate surface area is 545 Å². The lowest BCUT2D eigenvalue weighted by molar-refractivity contribution is -0.143. The van der Waals surface area contributed by atoms with E-state index in [0.29, 0.717) is 19.4 Å². The molecule has 0 aromatic carbocycles. The fraction of sp³-hybridized carbons (Fsp3) is 0.926. The first-order valence-electron chi connectivity index (χ1n) is 40.1. The molecule has 0 rings (SSSR count). The van der Waals surface area contributed by atoms with Gasteiger partial charge in [-0.1, -0.05) is 411 Å². The summed E-state index contributed by atoms with van der Waals surface area (Å²) < 4.78 is 5.52. The molecule has 0 aliphatic carbocycles. The van der Waals surface area contributed by atoms with E-state index >= 15 is 0 Å². The third-order valence-corrected chi connectivity index (χ3v) is 19.0. The average Bonchev–Trinajstić information content (AvgIpc) is 3.52. The number of hydrogen-bond donors (Lipinski definition) is 3. The molecule has 516 valence electrons. The summed E-state index contributed by atoms with van der Waals surface area (Å²) in [6, 6.07) is -0.629. The molecular weight excluding hydrogens is 1070 g/mol. The predicted molar refractivity (Wildman–Crippen MR) is 384 cm³/mol. The molecule has 0 aromatic heterocycles. The Hall–Kier alpha value is -1.66. The normalized spacial score (nSPS) is 12.6. The Bertz CT molecular complexity index is 1360. The van der Waals surface area contributed by atoms with Gasteiger partial charge >= 0.3 is 5.97 Å². The van der Waals surface area contributed by atoms with Crippen molar-refractivity contribution in [2.24, 2.45) is 0 Å². The second kappa shape index (κ2) is 76.8. The summed E-state index contributed by atoms with van der Waals surface area (Å²) in [6.45, 7) is 4.96. The highest BCUT2D eigenvalue weighted by atomic mass is 16.5. The maximum Gasteiger partial charge on any atom is 0.305 e. The van der Waals surface area contributed by atoms with Crippen LogP contribution in [0.15, 0.2) is 24.3 Å². The largest absolute Gasteiger partial charge is 0.466 e. The van der Waals surface area contributed by atoms with Crippen LogP contribution in [-0.4, -0.2) is 47.4 Å².